The molecule has 3 saturated heterocycles. The second-order valence-electron chi connectivity index (χ2n) is 12.8. The fourth-order valence-corrected chi connectivity index (χ4v) is 8.27. The van der Waals surface area contributed by atoms with Gasteiger partial charge >= 0.3 is 15.9 Å². The number of anilines is 3. The Balaban J connectivity index is 1.03. The van der Waals surface area contributed by atoms with Crippen molar-refractivity contribution in [1.29, 1.82) is 0 Å². The van der Waals surface area contributed by atoms with E-state index >= 15 is 8.78 Å². The molecule has 3 aliphatic rings. The van der Waals surface area contributed by atoms with E-state index in [-0.39, 0.29) is 58.8 Å². The van der Waals surface area contributed by atoms with Gasteiger partial charge in [-0.1, -0.05) is 0 Å². The molecule has 4 heterocycles. The van der Waals surface area contributed by atoms with Gasteiger partial charge in [0.25, 0.3) is 5.91 Å². The fraction of sp³-hybridized carbons (Fsp3) is 0.344. The number of nitrogens with zero attached hydrogens (tertiary/aromatic N) is 5. The van der Waals surface area contributed by atoms with Crippen molar-refractivity contribution in [3.63, 3.8) is 0 Å². The van der Waals surface area contributed by atoms with Crippen LogP contribution in [0.5, 0.6) is 5.75 Å². The number of rotatable bonds is 6. The topological polar surface area (TPSA) is 195 Å². The molecule has 2 atom stereocenters. The molecule has 19 heteroatoms. The van der Waals surface area contributed by atoms with Crippen molar-refractivity contribution in [3.8, 4) is 5.75 Å². The van der Waals surface area contributed by atoms with Crippen LogP contribution in [-0.4, -0.2) is 90.0 Å². The van der Waals surface area contributed by atoms with E-state index in [0.29, 0.717) is 29.6 Å². The molecule has 4 N–H and O–H groups in total. The molecule has 1 aromatic heterocycles. The molecule has 0 saturated carbocycles. The molecule has 3 aliphatic heterocycles. The van der Waals surface area contributed by atoms with Crippen LogP contribution >= 0.6 is 0 Å². The van der Waals surface area contributed by atoms with Crippen LogP contribution in [0.25, 0.3) is 21.8 Å². The second-order valence-corrected chi connectivity index (χ2v) is 14.4. The number of aromatic nitrogens is 2. The summed E-state index contributed by atoms with van der Waals surface area (Å²) in [6, 6.07) is 7.26. The number of benzene rings is 3. The summed E-state index contributed by atoms with van der Waals surface area (Å²) in [5.41, 5.74) is -0.423. The third kappa shape index (κ3) is 5.80. The number of amides is 4. The number of nitrogens with one attached hydrogen (secondary N) is 3. The van der Waals surface area contributed by atoms with Gasteiger partial charge in [0.1, 0.15) is 29.5 Å². The number of phenols is 1. The smallest absolute Gasteiger partial charge is 0.329 e. The van der Waals surface area contributed by atoms with Gasteiger partial charge in [-0.25, -0.2) is 22.6 Å². The highest BCUT2D eigenvalue weighted by molar-refractivity contribution is 7.92. The number of imide groups is 1. The van der Waals surface area contributed by atoms with Gasteiger partial charge in [0.05, 0.1) is 17.7 Å². The number of imidazole rings is 1. The SMILES string of the molecule is C[C@H]1CN(CC(=O)Nc2ccc3c(F)c(N4CC(=O)NS4(=O)=O)c(O)cc3c2)CCN1c1ccc2c(c1F)n(C)c(=O)n2C1CCC(=O)NC1=O. The minimum Gasteiger partial charge on any atom is -0.506 e. The third-order valence-corrected chi connectivity index (χ3v) is 10.8. The number of piperidine rings is 1. The molecule has 3 fully saturated rings. The summed E-state index contributed by atoms with van der Waals surface area (Å²) in [4.78, 5) is 65.7. The molecule has 7 rings (SSSR count). The number of halogens is 2. The zero-order valence-corrected chi connectivity index (χ0v) is 28.1. The summed E-state index contributed by atoms with van der Waals surface area (Å²) in [5, 5.41) is 15.6. The number of piperazine rings is 1. The highest BCUT2D eigenvalue weighted by atomic mass is 32.2. The average molecular weight is 727 g/mol. The predicted octanol–water partition coefficient (Wildman–Crippen LogP) is 0.785. The molecule has 0 bridgehead atoms. The lowest BCUT2D eigenvalue weighted by atomic mass is 10.1. The number of aromatic hydroxyl groups is 1. The summed E-state index contributed by atoms with van der Waals surface area (Å²) in [6.07, 6.45) is 0.184. The zero-order chi connectivity index (χ0) is 36.5. The second kappa shape index (κ2) is 12.3. The quantitative estimate of drug-likeness (QED) is 0.206. The standard InChI is InChI=1S/C32H32F2N8O8S/c1-16-13-39(9-10-40(16)20-5-6-21-29(28(20)34)38(2)32(48)42(21)22-7-8-24(44)36-31(22)47)14-25(45)35-18-3-4-19-17(11-18)12-23(43)30(27(19)33)41-15-26(46)37-51(41,49)50/h3-6,11-12,16,22,43H,7-10,13-15H2,1-2H3,(H,35,45)(H,37,46)(H,36,44,47)/t16-,22?/m0/s1. The normalized spacial score (nSPS) is 21.0. The van der Waals surface area contributed by atoms with E-state index in [1.807, 2.05) is 16.7 Å². The van der Waals surface area contributed by atoms with Crippen LogP contribution in [-0.2, 0) is 36.4 Å². The van der Waals surface area contributed by atoms with E-state index in [1.165, 1.54) is 29.8 Å². The Morgan fingerprint density at radius 3 is 2.49 bits per heavy atom. The van der Waals surface area contributed by atoms with E-state index in [2.05, 4.69) is 10.6 Å². The number of carbonyl (C=O) groups excluding carboxylic acids is 4. The van der Waals surface area contributed by atoms with E-state index in [1.54, 1.807) is 16.9 Å². The summed E-state index contributed by atoms with van der Waals surface area (Å²) in [5.74, 6) is -4.70. The fourth-order valence-electron chi connectivity index (χ4n) is 7.11. The molecular formula is C32H32F2N8O8S. The molecule has 268 valence electrons. The maximum absolute atomic E-state index is 16.1. The predicted molar refractivity (Wildman–Crippen MR) is 180 cm³/mol. The Kier molecular flexibility index (Phi) is 8.21. The van der Waals surface area contributed by atoms with Gasteiger partial charge in [-0.05, 0) is 55.1 Å². The molecule has 0 radical (unpaired) electrons. The van der Waals surface area contributed by atoms with E-state index < -0.39 is 69.3 Å². The number of carbonyl (C=O) groups is 4. The molecule has 51 heavy (non-hydrogen) atoms. The number of hydrogen-bond acceptors (Lipinski definition) is 10. The number of fused-ring (bicyclic) bond motifs is 2. The first kappa shape index (κ1) is 33.9. The van der Waals surface area contributed by atoms with Crippen molar-refractivity contribution in [3.05, 3.63) is 58.5 Å². The monoisotopic (exact) mass is 726 g/mol. The van der Waals surface area contributed by atoms with Crippen molar-refractivity contribution in [2.45, 2.75) is 31.8 Å². The highest BCUT2D eigenvalue weighted by Gasteiger charge is 2.38. The minimum absolute atomic E-state index is 0.0204. The molecule has 4 amide bonds. The average Bonchev–Trinajstić information content (AvgIpc) is 3.47. The van der Waals surface area contributed by atoms with Crippen LogP contribution in [0.1, 0.15) is 25.8 Å². The third-order valence-electron chi connectivity index (χ3n) is 9.46. The Hall–Kier alpha value is -5.56. The van der Waals surface area contributed by atoms with Crippen LogP contribution in [0.3, 0.4) is 0 Å². The van der Waals surface area contributed by atoms with Gasteiger partial charge < -0.3 is 15.3 Å². The van der Waals surface area contributed by atoms with Gasteiger partial charge in [0.2, 0.25) is 17.7 Å². The Labute approximate surface area is 288 Å². The van der Waals surface area contributed by atoms with E-state index in [4.69, 9.17) is 0 Å². The summed E-state index contributed by atoms with van der Waals surface area (Å²) >= 11 is 0. The van der Waals surface area contributed by atoms with E-state index in [9.17, 15) is 37.5 Å². The van der Waals surface area contributed by atoms with Crippen LogP contribution in [0, 0.1) is 11.6 Å². The van der Waals surface area contributed by atoms with Crippen LogP contribution in [0.4, 0.5) is 25.8 Å². The molecule has 16 nitrogen and oxygen atoms in total. The number of aryl methyl sites for hydroxylation is 1. The van der Waals surface area contributed by atoms with Crippen molar-refractivity contribution in [2.24, 2.45) is 7.05 Å². The summed E-state index contributed by atoms with van der Waals surface area (Å²) < 4.78 is 60.6. The summed E-state index contributed by atoms with van der Waals surface area (Å²) in [7, 11) is -2.94. The molecule has 0 spiro atoms. The molecule has 0 aliphatic carbocycles. The van der Waals surface area contributed by atoms with Gasteiger partial charge in [-0.3, -0.25) is 38.5 Å². The molecule has 3 aromatic carbocycles. The molecule has 1 unspecified atom stereocenters. The van der Waals surface area contributed by atoms with Gasteiger partial charge in [-0.2, -0.15) is 8.42 Å². The van der Waals surface area contributed by atoms with E-state index in [0.717, 1.165) is 10.6 Å². The lowest BCUT2D eigenvalue weighted by Crippen LogP contribution is -2.53. The molecule has 4 aromatic rings. The van der Waals surface area contributed by atoms with Gasteiger partial charge in [-0.15, -0.1) is 0 Å². The van der Waals surface area contributed by atoms with Crippen LogP contribution in [0.2, 0.25) is 0 Å². The van der Waals surface area contributed by atoms with Crippen molar-refractivity contribution in [1.82, 2.24) is 24.1 Å². The summed E-state index contributed by atoms with van der Waals surface area (Å²) in [6.45, 7) is 2.29. The largest absolute Gasteiger partial charge is 0.506 e. The number of phenolic OH excluding ortho intramolecular Hbond substituents is 1. The lowest BCUT2D eigenvalue weighted by Gasteiger charge is -2.41. The first-order valence-corrected chi connectivity index (χ1v) is 17.4. The zero-order valence-electron chi connectivity index (χ0n) is 27.3. The molecular weight excluding hydrogens is 694 g/mol. The van der Waals surface area contributed by atoms with Crippen molar-refractivity contribution in [2.75, 3.05) is 47.2 Å². The van der Waals surface area contributed by atoms with Crippen LogP contribution < -0.4 is 30.3 Å². The highest BCUT2D eigenvalue weighted by Crippen LogP contribution is 2.39. The maximum Gasteiger partial charge on any atom is 0.329 e. The Bertz CT molecular complexity index is 2360. The first-order chi connectivity index (χ1) is 24.1. The maximum atomic E-state index is 16.1. The first-order valence-electron chi connectivity index (χ1n) is 15.9. The van der Waals surface area contributed by atoms with Crippen molar-refractivity contribution >= 4 is 72.7 Å². The Morgan fingerprint density at radius 2 is 1.80 bits per heavy atom. The number of hydrogen-bond donors (Lipinski definition) is 4. The van der Waals surface area contributed by atoms with Crippen molar-refractivity contribution < 1.29 is 41.5 Å². The Morgan fingerprint density at radius 1 is 1.04 bits per heavy atom. The van der Waals surface area contributed by atoms with Gasteiger partial charge in [0, 0.05) is 50.2 Å². The van der Waals surface area contributed by atoms with Gasteiger partial charge in [0.15, 0.2) is 11.6 Å². The minimum atomic E-state index is -4.37. The van der Waals surface area contributed by atoms with Crippen LogP contribution in [0.15, 0.2) is 41.2 Å². The lowest BCUT2D eigenvalue weighted by molar-refractivity contribution is -0.135.